The third kappa shape index (κ3) is 5.26. The van der Waals surface area contributed by atoms with E-state index in [-0.39, 0.29) is 5.91 Å². The minimum absolute atomic E-state index is 0.196. The van der Waals surface area contributed by atoms with Crippen molar-refractivity contribution in [2.24, 2.45) is 5.92 Å². The molecular weight excluding hydrogens is 310 g/mol. The van der Waals surface area contributed by atoms with E-state index in [0.29, 0.717) is 12.5 Å². The molecule has 0 unspecified atom stereocenters. The maximum Gasteiger partial charge on any atom is 0.236 e. The van der Waals surface area contributed by atoms with Crippen molar-refractivity contribution >= 4 is 5.91 Å². The van der Waals surface area contributed by atoms with Gasteiger partial charge in [-0.1, -0.05) is 6.07 Å². The Morgan fingerprint density at radius 2 is 2.00 bits per heavy atom. The summed E-state index contributed by atoms with van der Waals surface area (Å²) in [5.74, 6) is -0.863. The number of benzene rings is 1. The second kappa shape index (κ2) is 9.11. The topological polar surface area (TPSA) is 23.6 Å². The zero-order valence-corrected chi connectivity index (χ0v) is 14.7. The van der Waals surface area contributed by atoms with Gasteiger partial charge in [0.2, 0.25) is 5.91 Å². The van der Waals surface area contributed by atoms with E-state index in [0.717, 1.165) is 57.4 Å². The van der Waals surface area contributed by atoms with Crippen molar-refractivity contribution in [2.75, 3.05) is 32.7 Å². The first-order valence-electron chi connectivity index (χ1n) is 8.97. The van der Waals surface area contributed by atoms with Gasteiger partial charge >= 0.3 is 0 Å². The van der Waals surface area contributed by atoms with Crippen molar-refractivity contribution in [3.8, 4) is 0 Å². The molecule has 1 aromatic carbocycles. The van der Waals surface area contributed by atoms with Crippen LogP contribution in [0.15, 0.2) is 18.2 Å². The Kier molecular flexibility index (Phi) is 7.16. The highest BCUT2D eigenvalue weighted by atomic mass is 19.2. The fourth-order valence-corrected chi connectivity index (χ4v) is 3.46. The molecule has 0 N–H and O–H groups in total. The molecule has 0 aromatic heterocycles. The van der Waals surface area contributed by atoms with E-state index in [1.165, 1.54) is 12.1 Å². The number of halogens is 2. The number of carbonyl (C=O) groups excluding carboxylic acids is 1. The molecule has 1 aliphatic heterocycles. The lowest BCUT2D eigenvalue weighted by molar-refractivity contribution is -0.132. The number of likely N-dealkylation sites (N-methyl/N-ethyl adjacent to an activating group) is 1. The highest BCUT2D eigenvalue weighted by Crippen LogP contribution is 2.22. The normalized spacial score (nSPS) is 18.6. The van der Waals surface area contributed by atoms with E-state index in [4.69, 9.17) is 0 Å². The van der Waals surface area contributed by atoms with E-state index in [1.807, 2.05) is 18.7 Å². The Balaban J connectivity index is 1.82. The smallest absolute Gasteiger partial charge is 0.236 e. The van der Waals surface area contributed by atoms with Gasteiger partial charge in [0.05, 0.1) is 6.54 Å². The van der Waals surface area contributed by atoms with Crippen molar-refractivity contribution in [1.29, 1.82) is 0 Å². The van der Waals surface area contributed by atoms with E-state index in [2.05, 4.69) is 4.90 Å². The molecule has 1 atom stereocenters. The van der Waals surface area contributed by atoms with Crippen molar-refractivity contribution in [2.45, 2.75) is 39.5 Å². The third-order valence-electron chi connectivity index (χ3n) is 4.90. The van der Waals surface area contributed by atoms with Crippen LogP contribution in [0.4, 0.5) is 8.78 Å². The number of hydrogen-bond acceptors (Lipinski definition) is 2. The lowest BCUT2D eigenvalue weighted by atomic mass is 9.91. The van der Waals surface area contributed by atoms with E-state index in [1.54, 1.807) is 6.07 Å². The number of hydrogen-bond donors (Lipinski definition) is 0. The van der Waals surface area contributed by atoms with Crippen LogP contribution in [-0.2, 0) is 11.2 Å². The van der Waals surface area contributed by atoms with Gasteiger partial charge in [-0.25, -0.2) is 8.78 Å². The first kappa shape index (κ1) is 18.8. The highest BCUT2D eigenvalue weighted by Gasteiger charge is 2.23. The Bertz CT molecular complexity index is 546. The number of piperidine rings is 1. The van der Waals surface area contributed by atoms with Crippen molar-refractivity contribution in [1.82, 2.24) is 9.80 Å². The summed E-state index contributed by atoms with van der Waals surface area (Å²) in [5.41, 5.74) is 0.838. The summed E-state index contributed by atoms with van der Waals surface area (Å²) in [4.78, 5) is 16.3. The number of nitrogens with zero attached hydrogens (tertiary/aromatic N) is 2. The second-order valence-electron chi connectivity index (χ2n) is 6.60. The van der Waals surface area contributed by atoms with Crippen LogP contribution in [0.5, 0.6) is 0 Å². The molecule has 1 saturated heterocycles. The molecular formula is C19H28F2N2O. The first-order chi connectivity index (χ1) is 11.5. The molecule has 0 bridgehead atoms. The predicted octanol–water partition coefficient (Wildman–Crippen LogP) is 3.48. The Labute approximate surface area is 143 Å². The molecule has 3 nitrogen and oxygen atoms in total. The van der Waals surface area contributed by atoms with Gasteiger partial charge in [-0.15, -0.1) is 0 Å². The van der Waals surface area contributed by atoms with Gasteiger partial charge < -0.3 is 4.90 Å². The molecule has 1 aromatic rings. The zero-order chi connectivity index (χ0) is 17.5. The molecule has 1 aliphatic rings. The minimum Gasteiger partial charge on any atom is -0.342 e. The van der Waals surface area contributed by atoms with Gasteiger partial charge in [-0.2, -0.15) is 0 Å². The fraction of sp³-hybridized carbons (Fsp3) is 0.632. The van der Waals surface area contributed by atoms with E-state index in [9.17, 15) is 13.6 Å². The van der Waals surface area contributed by atoms with Gasteiger partial charge in [-0.3, -0.25) is 9.69 Å². The largest absolute Gasteiger partial charge is 0.342 e. The predicted molar refractivity (Wildman–Crippen MR) is 91.8 cm³/mol. The maximum absolute atomic E-state index is 13.3. The van der Waals surface area contributed by atoms with E-state index >= 15 is 0 Å². The van der Waals surface area contributed by atoms with Crippen LogP contribution in [0.1, 0.15) is 38.7 Å². The monoisotopic (exact) mass is 338 g/mol. The van der Waals surface area contributed by atoms with Crippen LogP contribution in [0.25, 0.3) is 0 Å². The van der Waals surface area contributed by atoms with Crippen LogP contribution in [0.2, 0.25) is 0 Å². The van der Waals surface area contributed by atoms with Crippen molar-refractivity contribution in [3.63, 3.8) is 0 Å². The fourth-order valence-electron chi connectivity index (χ4n) is 3.46. The van der Waals surface area contributed by atoms with Gasteiger partial charge in [0, 0.05) is 19.6 Å². The summed E-state index contributed by atoms with van der Waals surface area (Å²) < 4.78 is 26.2. The molecule has 5 heteroatoms. The molecule has 0 aliphatic carbocycles. The Morgan fingerprint density at radius 1 is 1.25 bits per heavy atom. The summed E-state index contributed by atoms with van der Waals surface area (Å²) in [6.07, 6.45) is 3.92. The average molecular weight is 338 g/mol. The van der Waals surface area contributed by atoms with Gasteiger partial charge in [-0.05, 0) is 69.7 Å². The number of amides is 1. The molecule has 1 amide bonds. The van der Waals surface area contributed by atoms with Gasteiger partial charge in [0.1, 0.15) is 0 Å². The maximum atomic E-state index is 13.3. The Morgan fingerprint density at radius 3 is 2.67 bits per heavy atom. The summed E-state index contributed by atoms with van der Waals surface area (Å²) in [7, 11) is 0. The summed E-state index contributed by atoms with van der Waals surface area (Å²) in [5, 5.41) is 0. The van der Waals surface area contributed by atoms with E-state index < -0.39 is 11.6 Å². The lowest BCUT2D eigenvalue weighted by Gasteiger charge is -2.33. The lowest BCUT2D eigenvalue weighted by Crippen LogP contribution is -2.44. The SMILES string of the molecule is CCN(CC)C(=O)CN1CCC[C@H](CCc2ccc(F)c(F)c2)C1. The second-order valence-corrected chi connectivity index (χ2v) is 6.60. The molecule has 1 fully saturated rings. The summed E-state index contributed by atoms with van der Waals surface area (Å²) in [6, 6.07) is 4.14. The van der Waals surface area contributed by atoms with Gasteiger partial charge in [0.15, 0.2) is 11.6 Å². The van der Waals surface area contributed by atoms with Crippen LogP contribution in [0, 0.1) is 17.6 Å². The highest BCUT2D eigenvalue weighted by molar-refractivity contribution is 5.78. The van der Waals surface area contributed by atoms with Crippen molar-refractivity contribution in [3.05, 3.63) is 35.4 Å². The van der Waals surface area contributed by atoms with Crippen molar-refractivity contribution < 1.29 is 13.6 Å². The van der Waals surface area contributed by atoms with Crippen LogP contribution in [0.3, 0.4) is 0 Å². The minimum atomic E-state index is -0.794. The molecule has 0 radical (unpaired) electrons. The Hall–Kier alpha value is -1.49. The average Bonchev–Trinajstić information content (AvgIpc) is 2.57. The quantitative estimate of drug-likeness (QED) is 0.760. The van der Waals surface area contributed by atoms with Gasteiger partial charge in [0.25, 0.3) is 0 Å². The molecule has 0 spiro atoms. The number of likely N-dealkylation sites (tertiary alicyclic amines) is 1. The third-order valence-corrected chi connectivity index (χ3v) is 4.90. The molecule has 0 saturated carbocycles. The first-order valence-corrected chi connectivity index (χ1v) is 8.97. The van der Waals surface area contributed by atoms with Crippen LogP contribution < -0.4 is 0 Å². The molecule has 1 heterocycles. The summed E-state index contributed by atoms with van der Waals surface area (Å²) >= 11 is 0. The number of rotatable bonds is 7. The molecule has 134 valence electrons. The standard InChI is InChI=1S/C19H28F2N2O/c1-3-23(4-2)19(24)14-22-11-5-6-16(13-22)8-7-15-9-10-17(20)18(21)12-15/h9-10,12,16H,3-8,11,13-14H2,1-2H3/t16-/m1/s1. The number of aryl methyl sites for hydroxylation is 1. The molecule has 2 rings (SSSR count). The van der Waals surface area contributed by atoms with Crippen LogP contribution in [-0.4, -0.2) is 48.4 Å². The zero-order valence-electron chi connectivity index (χ0n) is 14.7. The van der Waals surface area contributed by atoms with Crippen LogP contribution >= 0.6 is 0 Å². The summed E-state index contributed by atoms with van der Waals surface area (Å²) in [6.45, 7) is 7.88. The number of carbonyl (C=O) groups is 1. The molecule has 24 heavy (non-hydrogen) atoms.